The molecule has 4 rings (SSSR count). The Balaban J connectivity index is 1.52. The number of nitrogens with zero attached hydrogens (tertiary/aromatic N) is 5. The number of anilines is 3. The Kier molecular flexibility index (Phi) is 8.51. The van der Waals surface area contributed by atoms with Crippen LogP contribution in [0, 0.1) is 11.3 Å². The number of hydrogen-bond donors (Lipinski definition) is 1. The highest BCUT2D eigenvalue weighted by atomic mass is 32.2. The molecule has 2 heterocycles. The Morgan fingerprint density at radius 3 is 2.52 bits per heavy atom. The molecule has 0 unspecified atom stereocenters. The van der Waals surface area contributed by atoms with Gasteiger partial charge in [0.25, 0.3) is 0 Å². The van der Waals surface area contributed by atoms with Crippen LogP contribution in [0.2, 0.25) is 0 Å². The molecule has 1 saturated heterocycles. The minimum atomic E-state index is -4.64. The number of sulfonamides is 1. The minimum absolute atomic E-state index is 0.0172. The summed E-state index contributed by atoms with van der Waals surface area (Å²) in [5.41, 5.74) is 1.87. The van der Waals surface area contributed by atoms with Crippen LogP contribution in [0.15, 0.2) is 65.1 Å². The molecule has 0 radical (unpaired) electrons. The van der Waals surface area contributed by atoms with E-state index in [1.54, 1.807) is 11.0 Å². The maximum atomic E-state index is 14.1. The van der Waals surface area contributed by atoms with Crippen LogP contribution >= 0.6 is 0 Å². The molecular formula is C27H29F3N6O3S. The number of benzene rings is 1. The summed E-state index contributed by atoms with van der Waals surface area (Å²) in [6.45, 7) is 5.82. The van der Waals surface area contributed by atoms with Crippen molar-refractivity contribution >= 4 is 27.3 Å². The summed E-state index contributed by atoms with van der Waals surface area (Å²) in [5.74, 6) is 0.816. The second-order valence-corrected chi connectivity index (χ2v) is 11.7. The smallest absolute Gasteiger partial charge is 0.418 e. The molecule has 1 aromatic carbocycles. The Morgan fingerprint density at radius 2 is 1.90 bits per heavy atom. The number of rotatable bonds is 7. The van der Waals surface area contributed by atoms with E-state index in [0.29, 0.717) is 12.2 Å². The molecule has 1 N–H and O–H groups in total. The monoisotopic (exact) mass is 574 g/mol. The van der Waals surface area contributed by atoms with Gasteiger partial charge in [-0.05, 0) is 62.1 Å². The Hall–Kier alpha value is -3.89. The largest absolute Gasteiger partial charge is 0.439 e. The van der Waals surface area contributed by atoms with E-state index in [0.717, 1.165) is 22.8 Å². The highest BCUT2D eigenvalue weighted by molar-refractivity contribution is 7.89. The van der Waals surface area contributed by atoms with Gasteiger partial charge >= 0.3 is 6.18 Å². The van der Waals surface area contributed by atoms with E-state index in [-0.39, 0.29) is 55.1 Å². The summed E-state index contributed by atoms with van der Waals surface area (Å²) >= 11 is 0. The van der Waals surface area contributed by atoms with Gasteiger partial charge in [-0.2, -0.15) is 27.7 Å². The van der Waals surface area contributed by atoms with Crippen LogP contribution in [0.4, 0.5) is 30.5 Å². The van der Waals surface area contributed by atoms with Gasteiger partial charge in [-0.15, -0.1) is 0 Å². The molecule has 2 aromatic rings. The average molecular weight is 575 g/mol. The van der Waals surface area contributed by atoms with E-state index in [1.165, 1.54) is 35.6 Å². The number of ether oxygens (including phenoxy) is 1. The molecule has 0 spiro atoms. The molecular weight excluding hydrogens is 545 g/mol. The van der Waals surface area contributed by atoms with Crippen LogP contribution < -0.4 is 15.0 Å². The lowest BCUT2D eigenvalue weighted by Crippen LogP contribution is -2.49. The van der Waals surface area contributed by atoms with Crippen LogP contribution in [-0.4, -0.2) is 54.6 Å². The maximum absolute atomic E-state index is 14.1. The second-order valence-electron chi connectivity index (χ2n) is 9.42. The number of piperazine rings is 1. The fraction of sp³-hybridized carbons (Fsp3) is 0.370. The van der Waals surface area contributed by atoms with Crippen molar-refractivity contribution in [2.75, 3.05) is 42.1 Å². The molecule has 13 heteroatoms. The summed E-state index contributed by atoms with van der Waals surface area (Å²) in [6.07, 6.45) is 0.681. The molecule has 1 aromatic heterocycles. The first-order valence-electron chi connectivity index (χ1n) is 12.6. The lowest BCUT2D eigenvalue weighted by Gasteiger charge is -2.36. The lowest BCUT2D eigenvalue weighted by atomic mass is 9.95. The Labute approximate surface area is 231 Å². The summed E-state index contributed by atoms with van der Waals surface area (Å²) in [7, 11) is -3.40. The normalized spacial score (nSPS) is 18.0. The van der Waals surface area contributed by atoms with Gasteiger partial charge in [0, 0.05) is 55.9 Å². The third-order valence-electron chi connectivity index (χ3n) is 6.60. The zero-order chi connectivity index (χ0) is 29.1. The zero-order valence-electron chi connectivity index (χ0n) is 22.3. The van der Waals surface area contributed by atoms with Gasteiger partial charge in [0.1, 0.15) is 5.76 Å². The highest BCUT2D eigenvalue weighted by Crippen LogP contribution is 2.39. The molecule has 0 atom stereocenters. The van der Waals surface area contributed by atoms with Gasteiger partial charge in [0.05, 0.1) is 17.4 Å². The van der Waals surface area contributed by atoms with Gasteiger partial charge in [0.15, 0.2) is 0 Å². The van der Waals surface area contributed by atoms with Crippen molar-refractivity contribution in [1.82, 2.24) is 14.3 Å². The molecule has 1 aliphatic heterocycles. The first-order chi connectivity index (χ1) is 18.9. The molecule has 40 heavy (non-hydrogen) atoms. The Bertz CT molecular complexity index is 1520. The van der Waals surface area contributed by atoms with Crippen LogP contribution in [0.25, 0.3) is 0 Å². The van der Waals surface area contributed by atoms with Crippen LogP contribution in [-0.2, 0) is 16.2 Å². The third kappa shape index (κ3) is 6.63. The number of allylic oxidation sites excluding steroid dienone is 5. The Morgan fingerprint density at radius 1 is 1.18 bits per heavy atom. The van der Waals surface area contributed by atoms with Crippen LogP contribution in [0.5, 0.6) is 5.88 Å². The van der Waals surface area contributed by atoms with Gasteiger partial charge in [-0.1, -0.05) is 6.08 Å². The number of alkyl halides is 3. The summed E-state index contributed by atoms with van der Waals surface area (Å²) in [5, 5.41) is 11.7. The van der Waals surface area contributed by atoms with Gasteiger partial charge in [-0.25, -0.2) is 13.4 Å². The predicted molar refractivity (Wildman–Crippen MR) is 145 cm³/mol. The van der Waals surface area contributed by atoms with E-state index in [4.69, 9.17) is 10.00 Å². The van der Waals surface area contributed by atoms with E-state index >= 15 is 0 Å². The van der Waals surface area contributed by atoms with E-state index in [9.17, 15) is 21.6 Å². The average Bonchev–Trinajstić information content (AvgIpc) is 2.91. The van der Waals surface area contributed by atoms with Crippen molar-refractivity contribution in [2.45, 2.75) is 33.4 Å². The lowest BCUT2D eigenvalue weighted by molar-refractivity contribution is -0.137. The summed E-state index contributed by atoms with van der Waals surface area (Å²) in [4.78, 5) is 9.96. The highest BCUT2D eigenvalue weighted by Gasteiger charge is 2.36. The first kappa shape index (κ1) is 29.1. The van der Waals surface area contributed by atoms with Crippen molar-refractivity contribution < 1.29 is 26.3 Å². The van der Waals surface area contributed by atoms with Crippen molar-refractivity contribution in [3.63, 3.8) is 0 Å². The summed E-state index contributed by atoms with van der Waals surface area (Å²) in [6, 6.07) is 7.42. The number of hydrogen-bond acceptors (Lipinski definition) is 8. The van der Waals surface area contributed by atoms with E-state index < -0.39 is 21.8 Å². The fourth-order valence-electron chi connectivity index (χ4n) is 4.66. The van der Waals surface area contributed by atoms with Crippen LogP contribution in [0.3, 0.4) is 0 Å². The standard InChI is InChI=1S/C27H29F3N6O3S/c1-4-40(37,38)36-13-11-35(12-14-36)23-6-5-21(17-22(23)27(28,29)30)33-26-32-10-8-24(34-26)39-25-18(2)15-20(7-9-31)16-19(25)3/h5-8,10,15,17H,4,11-14,16H2,1-3H3,(H,32,33,34)/b20-7+. The number of nitrogens with one attached hydrogen (secondary N) is 1. The van der Waals surface area contributed by atoms with E-state index in [2.05, 4.69) is 15.3 Å². The third-order valence-corrected chi connectivity index (χ3v) is 8.48. The molecule has 0 bridgehead atoms. The second kappa shape index (κ2) is 11.7. The molecule has 2 aliphatic rings. The molecule has 0 saturated carbocycles. The van der Waals surface area contributed by atoms with Crippen molar-refractivity contribution in [2.24, 2.45) is 0 Å². The molecule has 9 nitrogen and oxygen atoms in total. The fourth-order valence-corrected chi connectivity index (χ4v) is 5.74. The number of aromatic nitrogens is 2. The predicted octanol–water partition coefficient (Wildman–Crippen LogP) is 5.16. The SMILES string of the molecule is CCS(=O)(=O)N1CCN(c2ccc(Nc3nccc(OC4=C(C)C/C(=C/C#N)C=C4C)n3)cc2C(F)(F)F)CC1. The van der Waals surface area contributed by atoms with Crippen LogP contribution in [0.1, 0.15) is 32.8 Å². The van der Waals surface area contributed by atoms with Crippen molar-refractivity contribution in [3.05, 3.63) is 70.7 Å². The van der Waals surface area contributed by atoms with Gasteiger partial charge in [0.2, 0.25) is 21.9 Å². The first-order valence-corrected chi connectivity index (χ1v) is 14.2. The number of halogens is 3. The molecule has 212 valence electrons. The van der Waals surface area contributed by atoms with Crippen molar-refractivity contribution in [1.29, 1.82) is 5.26 Å². The zero-order valence-corrected chi connectivity index (χ0v) is 23.1. The molecule has 1 fully saturated rings. The quantitative estimate of drug-likeness (QED) is 0.452. The minimum Gasteiger partial charge on any atom is -0.439 e. The van der Waals surface area contributed by atoms with Gasteiger partial charge in [-0.3, -0.25) is 0 Å². The number of nitriles is 1. The maximum Gasteiger partial charge on any atom is 0.418 e. The molecule has 1 aliphatic carbocycles. The van der Waals surface area contributed by atoms with Crippen molar-refractivity contribution in [3.8, 4) is 11.9 Å². The summed E-state index contributed by atoms with van der Waals surface area (Å²) < 4.78 is 73.8. The van der Waals surface area contributed by atoms with Gasteiger partial charge < -0.3 is 15.0 Å². The van der Waals surface area contributed by atoms with E-state index in [1.807, 2.05) is 26.0 Å². The molecule has 0 amide bonds. The topological polar surface area (TPSA) is 111 Å².